The van der Waals surface area contributed by atoms with Crippen molar-refractivity contribution in [1.82, 2.24) is 0 Å². The third-order valence-corrected chi connectivity index (χ3v) is 12.5. The smallest absolute Gasteiger partial charge is 0.0455 e. The van der Waals surface area contributed by atoms with Gasteiger partial charge in [-0.1, -0.05) is 133 Å². The van der Waals surface area contributed by atoms with Crippen molar-refractivity contribution in [3.8, 4) is 22.3 Å². The molecule has 0 atom stereocenters. The average Bonchev–Trinajstić information content (AvgIpc) is 3.72. The molecular formula is C46H26S2. The summed E-state index contributed by atoms with van der Waals surface area (Å²) in [7, 11) is 0. The van der Waals surface area contributed by atoms with Crippen molar-refractivity contribution in [2.45, 2.75) is 0 Å². The number of thiophene rings is 2. The van der Waals surface area contributed by atoms with E-state index in [1.807, 2.05) is 22.7 Å². The van der Waals surface area contributed by atoms with E-state index in [0.29, 0.717) is 0 Å². The summed E-state index contributed by atoms with van der Waals surface area (Å²) in [6.07, 6.45) is 0. The van der Waals surface area contributed by atoms with Crippen molar-refractivity contribution in [3.05, 3.63) is 158 Å². The summed E-state index contributed by atoms with van der Waals surface area (Å²) < 4.78 is 5.42. The Morgan fingerprint density at radius 3 is 1.65 bits per heavy atom. The highest BCUT2D eigenvalue weighted by Crippen LogP contribution is 2.53. The van der Waals surface area contributed by atoms with Crippen LogP contribution >= 0.6 is 22.7 Å². The first-order chi connectivity index (χ1) is 23.8. The van der Waals surface area contributed by atoms with Crippen molar-refractivity contribution in [2.75, 3.05) is 0 Å². The standard InChI is InChI=1S/C46H26S2/c1-2-13-29-25-30(22-21-27(29)11-1)41-32-15-5-7-17-34(32)42(35-18-8-6-16-33(35)41)37-26-40-45(46-43(37)36-19-9-10-20-38(36)48-46)44-31-14-4-3-12-28(31)23-24-39(44)47-40/h1-26H. The van der Waals surface area contributed by atoms with Crippen LogP contribution in [0.15, 0.2) is 158 Å². The van der Waals surface area contributed by atoms with E-state index in [1.54, 1.807) is 0 Å². The second kappa shape index (κ2) is 9.98. The average molecular weight is 643 g/mol. The van der Waals surface area contributed by atoms with Crippen LogP contribution in [0.25, 0.3) is 106 Å². The van der Waals surface area contributed by atoms with E-state index in [-0.39, 0.29) is 0 Å². The number of hydrogen-bond donors (Lipinski definition) is 0. The summed E-state index contributed by atoms with van der Waals surface area (Å²) in [5.74, 6) is 0. The number of rotatable bonds is 2. The molecule has 2 heterocycles. The molecule has 0 unspecified atom stereocenters. The number of benzene rings is 9. The molecule has 0 bridgehead atoms. The van der Waals surface area contributed by atoms with E-state index in [2.05, 4.69) is 158 Å². The second-order valence-electron chi connectivity index (χ2n) is 12.8. The molecule has 0 saturated carbocycles. The quantitative estimate of drug-likeness (QED) is 0.165. The predicted molar refractivity (Wildman–Crippen MR) is 213 cm³/mol. The molecule has 0 fully saturated rings. The summed E-state index contributed by atoms with van der Waals surface area (Å²) in [6, 6.07) is 58.7. The van der Waals surface area contributed by atoms with Gasteiger partial charge < -0.3 is 0 Å². The first kappa shape index (κ1) is 26.5. The number of hydrogen-bond acceptors (Lipinski definition) is 2. The van der Waals surface area contributed by atoms with Crippen LogP contribution in [0, 0.1) is 0 Å². The van der Waals surface area contributed by atoms with Crippen molar-refractivity contribution in [2.24, 2.45) is 0 Å². The highest BCUT2D eigenvalue weighted by atomic mass is 32.1. The molecule has 48 heavy (non-hydrogen) atoms. The molecular weight excluding hydrogens is 617 g/mol. The minimum atomic E-state index is 1.26. The van der Waals surface area contributed by atoms with E-state index in [4.69, 9.17) is 0 Å². The lowest BCUT2D eigenvalue weighted by Gasteiger charge is -2.19. The summed E-state index contributed by atoms with van der Waals surface area (Å²) in [6.45, 7) is 0. The molecule has 2 aromatic heterocycles. The van der Waals surface area contributed by atoms with Gasteiger partial charge in [-0.05, 0) is 89.6 Å². The predicted octanol–water partition coefficient (Wildman–Crippen LogP) is 14.4. The Morgan fingerprint density at radius 2 is 0.896 bits per heavy atom. The Labute approximate surface area is 284 Å². The van der Waals surface area contributed by atoms with Gasteiger partial charge in [-0.2, -0.15) is 0 Å². The minimum Gasteiger partial charge on any atom is -0.135 e. The lowest BCUT2D eigenvalue weighted by Crippen LogP contribution is -1.91. The van der Waals surface area contributed by atoms with Gasteiger partial charge in [0.05, 0.1) is 0 Å². The zero-order valence-electron chi connectivity index (χ0n) is 25.8. The van der Waals surface area contributed by atoms with Gasteiger partial charge in [0.1, 0.15) is 0 Å². The molecule has 0 aliphatic carbocycles. The maximum absolute atomic E-state index is 2.51. The topological polar surface area (TPSA) is 0 Å². The van der Waals surface area contributed by atoms with Gasteiger partial charge in [0.2, 0.25) is 0 Å². The summed E-state index contributed by atoms with van der Waals surface area (Å²) in [4.78, 5) is 0. The first-order valence-corrected chi connectivity index (χ1v) is 18.1. The first-order valence-electron chi connectivity index (χ1n) is 16.4. The molecule has 11 aromatic rings. The monoisotopic (exact) mass is 642 g/mol. The van der Waals surface area contributed by atoms with Crippen LogP contribution < -0.4 is 0 Å². The fourth-order valence-corrected chi connectivity index (χ4v) is 10.7. The van der Waals surface area contributed by atoms with Gasteiger partial charge in [0, 0.05) is 40.3 Å². The molecule has 0 saturated heterocycles. The fraction of sp³-hybridized carbons (Fsp3) is 0. The van der Waals surface area contributed by atoms with E-state index in [9.17, 15) is 0 Å². The molecule has 222 valence electrons. The number of fused-ring (bicyclic) bond motifs is 12. The normalized spacial score (nSPS) is 12.2. The highest BCUT2D eigenvalue weighted by molar-refractivity contribution is 7.30. The third kappa shape index (κ3) is 3.65. The van der Waals surface area contributed by atoms with Gasteiger partial charge in [0.25, 0.3) is 0 Å². The van der Waals surface area contributed by atoms with Crippen molar-refractivity contribution in [1.29, 1.82) is 0 Å². The molecule has 0 N–H and O–H groups in total. The van der Waals surface area contributed by atoms with Crippen molar-refractivity contribution < 1.29 is 0 Å². The lowest BCUT2D eigenvalue weighted by atomic mass is 9.84. The van der Waals surface area contributed by atoms with Crippen LogP contribution in [-0.2, 0) is 0 Å². The molecule has 0 spiro atoms. The molecule has 11 rings (SSSR count). The highest BCUT2D eigenvalue weighted by Gasteiger charge is 2.23. The second-order valence-corrected chi connectivity index (χ2v) is 14.9. The molecule has 9 aromatic carbocycles. The molecule has 2 heteroatoms. The van der Waals surface area contributed by atoms with Crippen LogP contribution in [0.5, 0.6) is 0 Å². The van der Waals surface area contributed by atoms with Crippen LogP contribution in [-0.4, -0.2) is 0 Å². The zero-order valence-corrected chi connectivity index (χ0v) is 27.5. The fourth-order valence-electron chi connectivity index (χ4n) is 8.18. The van der Waals surface area contributed by atoms with Gasteiger partial charge in [-0.25, -0.2) is 0 Å². The third-order valence-electron chi connectivity index (χ3n) is 10.2. The van der Waals surface area contributed by atoms with Crippen LogP contribution in [0.4, 0.5) is 0 Å². The maximum atomic E-state index is 2.51. The molecule has 0 amide bonds. The van der Waals surface area contributed by atoms with E-state index < -0.39 is 0 Å². The van der Waals surface area contributed by atoms with Gasteiger partial charge in [-0.15, -0.1) is 22.7 Å². The van der Waals surface area contributed by atoms with Gasteiger partial charge in [0.15, 0.2) is 0 Å². The summed E-state index contributed by atoms with van der Waals surface area (Å²) in [5, 5.41) is 15.8. The Bertz CT molecular complexity index is 3060. The lowest BCUT2D eigenvalue weighted by molar-refractivity contribution is 1.69. The summed E-state index contributed by atoms with van der Waals surface area (Å²) in [5.41, 5.74) is 5.20. The minimum absolute atomic E-state index is 1.26. The SMILES string of the molecule is c1ccc2cc(-c3c4ccccc4c(-c4cc5sc6ccc7ccccc7c6c5c5sc6ccccc6c45)c4ccccc34)ccc2c1. The van der Waals surface area contributed by atoms with Crippen LogP contribution in [0.1, 0.15) is 0 Å². The van der Waals surface area contributed by atoms with Crippen LogP contribution in [0.3, 0.4) is 0 Å². The Kier molecular flexibility index (Phi) is 5.51. The van der Waals surface area contributed by atoms with Crippen LogP contribution in [0.2, 0.25) is 0 Å². The Morgan fingerprint density at radius 1 is 0.312 bits per heavy atom. The maximum Gasteiger partial charge on any atom is 0.0455 e. The van der Waals surface area contributed by atoms with Gasteiger partial charge in [-0.3, -0.25) is 0 Å². The van der Waals surface area contributed by atoms with Gasteiger partial charge >= 0.3 is 0 Å². The summed E-state index contributed by atoms with van der Waals surface area (Å²) >= 11 is 3.88. The molecule has 0 nitrogen and oxygen atoms in total. The Balaban J connectivity index is 1.34. The van der Waals surface area contributed by atoms with E-state index >= 15 is 0 Å². The van der Waals surface area contributed by atoms with Crippen molar-refractivity contribution in [3.63, 3.8) is 0 Å². The molecule has 0 aliphatic heterocycles. The zero-order chi connectivity index (χ0) is 31.3. The largest absolute Gasteiger partial charge is 0.135 e. The van der Waals surface area contributed by atoms with Crippen molar-refractivity contribution >= 4 is 106 Å². The molecule has 0 radical (unpaired) electrons. The molecule has 0 aliphatic rings. The van der Waals surface area contributed by atoms with E-state index in [0.717, 1.165) is 0 Å². The van der Waals surface area contributed by atoms with E-state index in [1.165, 1.54) is 106 Å². The Hall–Kier alpha value is -5.54.